The van der Waals surface area contributed by atoms with Gasteiger partial charge in [-0.2, -0.15) is 5.10 Å². The first kappa shape index (κ1) is 13.7. The number of fused-ring (bicyclic) bond motifs is 1. The van der Waals surface area contributed by atoms with Crippen LogP contribution < -0.4 is 10.7 Å². The van der Waals surface area contributed by atoms with Gasteiger partial charge in [0.25, 0.3) is 0 Å². The van der Waals surface area contributed by atoms with Gasteiger partial charge in [-0.05, 0) is 31.3 Å². The Bertz CT molecular complexity index is 627. The van der Waals surface area contributed by atoms with Gasteiger partial charge in [-0.1, -0.05) is 29.8 Å². The van der Waals surface area contributed by atoms with E-state index in [1.54, 1.807) is 6.21 Å². The maximum Gasteiger partial charge on any atom is 0.186 e. The fourth-order valence-corrected chi connectivity index (χ4v) is 1.95. The van der Waals surface area contributed by atoms with Crippen LogP contribution in [0.4, 0.5) is 0 Å². The minimum atomic E-state index is 0.415. The number of benzene rings is 1. The zero-order valence-corrected chi connectivity index (χ0v) is 11.9. The summed E-state index contributed by atoms with van der Waals surface area (Å²) >= 11 is 11.1. The van der Waals surface area contributed by atoms with Gasteiger partial charge in [-0.15, -0.1) is 0 Å². The van der Waals surface area contributed by atoms with Gasteiger partial charge in [0.15, 0.2) is 5.11 Å². The number of hydrogen-bond acceptors (Lipinski definition) is 3. The van der Waals surface area contributed by atoms with Crippen molar-refractivity contribution >= 4 is 46.0 Å². The number of nitrogens with one attached hydrogen (secondary N) is 2. The summed E-state index contributed by atoms with van der Waals surface area (Å²) in [5.74, 6) is 0. The van der Waals surface area contributed by atoms with E-state index in [-0.39, 0.29) is 0 Å². The van der Waals surface area contributed by atoms with Gasteiger partial charge in [0.1, 0.15) is 5.15 Å². The number of thiocarbonyl (C=S) groups is 1. The summed E-state index contributed by atoms with van der Waals surface area (Å²) in [7, 11) is 0. The first-order valence-electron chi connectivity index (χ1n) is 5.83. The van der Waals surface area contributed by atoms with Crippen LogP contribution in [0.3, 0.4) is 0 Å². The second-order valence-corrected chi connectivity index (χ2v) is 4.56. The van der Waals surface area contributed by atoms with Crippen molar-refractivity contribution in [1.82, 2.24) is 15.7 Å². The molecule has 19 heavy (non-hydrogen) atoms. The molecule has 0 fully saturated rings. The van der Waals surface area contributed by atoms with Gasteiger partial charge >= 0.3 is 0 Å². The Hall–Kier alpha value is -1.72. The summed E-state index contributed by atoms with van der Waals surface area (Å²) in [5, 5.41) is 8.87. The lowest BCUT2D eigenvalue weighted by atomic mass is 10.2. The molecule has 1 aromatic carbocycles. The van der Waals surface area contributed by atoms with Crippen molar-refractivity contribution < 1.29 is 0 Å². The molecule has 0 saturated heterocycles. The average molecular weight is 293 g/mol. The normalized spacial score (nSPS) is 10.8. The molecule has 0 aliphatic rings. The van der Waals surface area contributed by atoms with E-state index in [2.05, 4.69) is 20.8 Å². The van der Waals surface area contributed by atoms with E-state index < -0.39 is 0 Å². The van der Waals surface area contributed by atoms with Gasteiger partial charge in [0.05, 0.1) is 11.7 Å². The molecule has 6 heteroatoms. The SMILES string of the molecule is CCNC(=S)NN=Cc1cc2ccccc2nc1Cl. The Morgan fingerprint density at radius 1 is 1.47 bits per heavy atom. The van der Waals surface area contributed by atoms with Gasteiger partial charge < -0.3 is 5.32 Å². The lowest BCUT2D eigenvalue weighted by Gasteiger charge is -2.04. The van der Waals surface area contributed by atoms with Gasteiger partial charge in [0.2, 0.25) is 0 Å². The van der Waals surface area contributed by atoms with Crippen molar-refractivity contribution in [1.29, 1.82) is 0 Å². The van der Waals surface area contributed by atoms with E-state index in [9.17, 15) is 0 Å². The summed E-state index contributed by atoms with van der Waals surface area (Å²) in [4.78, 5) is 4.31. The van der Waals surface area contributed by atoms with Crippen LogP contribution in [0.5, 0.6) is 0 Å². The number of halogens is 1. The molecule has 0 atom stereocenters. The zero-order valence-electron chi connectivity index (χ0n) is 10.4. The molecular formula is C13H13ClN4S. The maximum absolute atomic E-state index is 6.10. The molecule has 0 bridgehead atoms. The molecule has 0 aliphatic heterocycles. The number of aromatic nitrogens is 1. The van der Waals surface area contributed by atoms with E-state index in [4.69, 9.17) is 23.8 Å². The van der Waals surface area contributed by atoms with Crippen molar-refractivity contribution in [2.75, 3.05) is 6.54 Å². The maximum atomic E-state index is 6.10. The number of pyridine rings is 1. The van der Waals surface area contributed by atoms with Gasteiger partial charge in [0, 0.05) is 17.5 Å². The van der Waals surface area contributed by atoms with Crippen molar-refractivity contribution in [3.63, 3.8) is 0 Å². The molecule has 0 aliphatic carbocycles. The van der Waals surface area contributed by atoms with Crippen LogP contribution in [0, 0.1) is 0 Å². The molecule has 98 valence electrons. The van der Waals surface area contributed by atoms with Crippen molar-refractivity contribution in [2.24, 2.45) is 5.10 Å². The first-order valence-corrected chi connectivity index (χ1v) is 6.61. The summed E-state index contributed by atoms with van der Waals surface area (Å²) in [5.41, 5.74) is 4.32. The van der Waals surface area contributed by atoms with E-state index >= 15 is 0 Å². The van der Waals surface area contributed by atoms with E-state index in [1.165, 1.54) is 0 Å². The summed E-state index contributed by atoms with van der Waals surface area (Å²) < 4.78 is 0. The Balaban J connectivity index is 2.18. The van der Waals surface area contributed by atoms with Crippen LogP contribution in [0.15, 0.2) is 35.4 Å². The minimum Gasteiger partial charge on any atom is -0.362 e. The monoisotopic (exact) mass is 292 g/mol. The van der Waals surface area contributed by atoms with Crippen LogP contribution in [0.25, 0.3) is 10.9 Å². The Labute approximate surface area is 121 Å². The fourth-order valence-electron chi connectivity index (χ4n) is 1.56. The molecule has 0 saturated carbocycles. The molecule has 0 unspecified atom stereocenters. The lowest BCUT2D eigenvalue weighted by molar-refractivity contribution is 0.904. The second-order valence-electron chi connectivity index (χ2n) is 3.79. The van der Waals surface area contributed by atoms with Crippen molar-refractivity contribution in [3.05, 3.63) is 41.0 Å². The lowest BCUT2D eigenvalue weighted by Crippen LogP contribution is -2.31. The van der Waals surface area contributed by atoms with Crippen LogP contribution in [-0.4, -0.2) is 22.9 Å². The van der Waals surface area contributed by atoms with Crippen LogP contribution in [0.1, 0.15) is 12.5 Å². The highest BCUT2D eigenvalue weighted by Gasteiger charge is 2.02. The van der Waals surface area contributed by atoms with E-state index in [0.29, 0.717) is 10.3 Å². The quantitative estimate of drug-likeness (QED) is 0.395. The Kier molecular flexibility index (Phi) is 4.65. The third kappa shape index (κ3) is 3.62. The summed E-state index contributed by atoms with van der Waals surface area (Å²) in [6.07, 6.45) is 1.60. The van der Waals surface area contributed by atoms with Crippen molar-refractivity contribution in [3.8, 4) is 0 Å². The van der Waals surface area contributed by atoms with Crippen LogP contribution in [-0.2, 0) is 0 Å². The highest BCUT2D eigenvalue weighted by molar-refractivity contribution is 7.80. The first-order chi connectivity index (χ1) is 9.20. The van der Waals surface area contributed by atoms with Gasteiger partial charge in [-0.25, -0.2) is 4.98 Å². The van der Waals surface area contributed by atoms with Gasteiger partial charge in [-0.3, -0.25) is 5.43 Å². The van der Waals surface area contributed by atoms with Crippen LogP contribution in [0.2, 0.25) is 5.15 Å². The number of rotatable bonds is 3. The molecule has 0 radical (unpaired) electrons. The van der Waals surface area contributed by atoms with E-state index in [0.717, 1.165) is 23.0 Å². The highest BCUT2D eigenvalue weighted by atomic mass is 35.5. The molecule has 1 heterocycles. The number of para-hydroxylation sites is 1. The zero-order chi connectivity index (χ0) is 13.7. The minimum absolute atomic E-state index is 0.415. The molecule has 2 rings (SSSR count). The largest absolute Gasteiger partial charge is 0.362 e. The molecule has 0 amide bonds. The average Bonchev–Trinajstić information content (AvgIpc) is 2.39. The smallest absolute Gasteiger partial charge is 0.186 e. The predicted molar refractivity (Wildman–Crippen MR) is 83.8 cm³/mol. The molecular weight excluding hydrogens is 280 g/mol. The topological polar surface area (TPSA) is 49.3 Å². The molecule has 2 aromatic rings. The highest BCUT2D eigenvalue weighted by Crippen LogP contribution is 2.18. The van der Waals surface area contributed by atoms with Crippen molar-refractivity contribution in [2.45, 2.75) is 6.92 Å². The molecule has 4 nitrogen and oxygen atoms in total. The Morgan fingerprint density at radius 3 is 3.05 bits per heavy atom. The fraction of sp³-hybridized carbons (Fsp3) is 0.154. The van der Waals surface area contributed by atoms with E-state index in [1.807, 2.05) is 37.3 Å². The number of hydrazone groups is 1. The standard InChI is InChI=1S/C13H13ClN4S/c1-2-15-13(19)18-16-8-10-7-9-5-3-4-6-11(9)17-12(10)14/h3-8H,2H2,1H3,(H2,15,18,19). The summed E-state index contributed by atoms with van der Waals surface area (Å²) in [6.45, 7) is 2.71. The predicted octanol–water partition coefficient (Wildman–Crippen LogP) is 2.71. The number of hydrogen-bond donors (Lipinski definition) is 2. The Morgan fingerprint density at radius 2 is 2.26 bits per heavy atom. The third-order valence-corrected chi connectivity index (χ3v) is 2.95. The summed E-state index contributed by atoms with van der Waals surface area (Å²) in [6, 6.07) is 9.72. The van der Waals surface area contributed by atoms with Crippen LogP contribution >= 0.6 is 23.8 Å². The molecule has 2 N–H and O–H groups in total. The second kappa shape index (κ2) is 6.45. The molecule has 1 aromatic heterocycles. The molecule has 0 spiro atoms. The third-order valence-electron chi connectivity index (χ3n) is 2.41. The number of nitrogens with zero attached hydrogens (tertiary/aromatic N) is 2.